The van der Waals surface area contributed by atoms with Gasteiger partial charge in [0.1, 0.15) is 0 Å². The third-order valence-electron chi connectivity index (χ3n) is 8.12. The second-order valence-corrected chi connectivity index (χ2v) is 11.9. The lowest BCUT2D eigenvalue weighted by atomic mass is 9.90. The van der Waals surface area contributed by atoms with E-state index in [4.69, 9.17) is 0 Å². The van der Waals surface area contributed by atoms with Gasteiger partial charge in [0.15, 0.2) is 0 Å². The molecule has 0 aliphatic carbocycles. The number of allylic oxidation sites excluding steroid dienone is 4. The van der Waals surface area contributed by atoms with Crippen LogP contribution < -0.4 is 5.32 Å². The molecule has 1 nitrogen and oxygen atoms in total. The van der Waals surface area contributed by atoms with Crippen molar-refractivity contribution in [2.24, 2.45) is 0 Å². The van der Waals surface area contributed by atoms with Gasteiger partial charge in [0.25, 0.3) is 0 Å². The molecule has 1 N–H and O–H groups in total. The fraction of sp³-hybridized carbons (Fsp3) is 0.149. The van der Waals surface area contributed by atoms with Crippen molar-refractivity contribution in [1.29, 1.82) is 0 Å². The van der Waals surface area contributed by atoms with Gasteiger partial charge in [-0.2, -0.15) is 0 Å². The van der Waals surface area contributed by atoms with Gasteiger partial charge >= 0.3 is 0 Å². The zero-order valence-corrected chi connectivity index (χ0v) is 28.8. The summed E-state index contributed by atoms with van der Waals surface area (Å²) in [6.45, 7) is 9.27. The minimum Gasteiger partial charge on any atom is -0.381 e. The zero-order chi connectivity index (χ0) is 33.6. The molecule has 0 amide bonds. The monoisotopic (exact) mass is 625 g/mol. The van der Waals surface area contributed by atoms with Crippen LogP contribution in [0.3, 0.4) is 0 Å². The first-order valence-corrected chi connectivity index (χ1v) is 17.3. The Hall–Kier alpha value is -5.40. The molecule has 6 aromatic carbocycles. The van der Waals surface area contributed by atoms with E-state index < -0.39 is 0 Å². The maximum Gasteiger partial charge on any atom is 0.0416 e. The van der Waals surface area contributed by atoms with E-state index in [1.807, 2.05) is 6.92 Å². The molecule has 0 fully saturated rings. The maximum absolute atomic E-state index is 3.48. The number of nitrogens with one attached hydrogen (secondary N) is 1. The van der Waals surface area contributed by atoms with Gasteiger partial charge < -0.3 is 5.32 Å². The minimum absolute atomic E-state index is 0.863. The van der Waals surface area contributed by atoms with Gasteiger partial charge in [-0.05, 0) is 111 Å². The SMILES string of the molecule is C1=CCNC(c2cccc(-c3cccc(-c4cc(-c5ccccc5)cc(-c5cccc6ccccc56)c4)c3)c2)=C1.CC=CCC.CCC. The summed E-state index contributed by atoms with van der Waals surface area (Å²) in [6, 6.07) is 50.6. The van der Waals surface area contributed by atoms with Gasteiger partial charge in [0, 0.05) is 12.2 Å². The number of hydrogen-bond acceptors (Lipinski definition) is 1. The molecule has 0 saturated heterocycles. The van der Waals surface area contributed by atoms with Crippen molar-refractivity contribution in [3.63, 3.8) is 0 Å². The third-order valence-corrected chi connectivity index (χ3v) is 8.12. The summed E-state index contributed by atoms with van der Waals surface area (Å²) in [5.41, 5.74) is 12.1. The van der Waals surface area contributed by atoms with Crippen molar-refractivity contribution in [2.75, 3.05) is 6.54 Å². The molecule has 0 spiro atoms. The second-order valence-electron chi connectivity index (χ2n) is 11.9. The topological polar surface area (TPSA) is 12.0 Å². The van der Waals surface area contributed by atoms with Crippen molar-refractivity contribution in [1.82, 2.24) is 5.32 Å². The van der Waals surface area contributed by atoms with Crippen LogP contribution in [0.4, 0.5) is 0 Å². The Bertz CT molecular complexity index is 2000. The Morgan fingerprint density at radius 2 is 1.06 bits per heavy atom. The summed E-state index contributed by atoms with van der Waals surface area (Å²) >= 11 is 0. The number of hydrogen-bond donors (Lipinski definition) is 1. The van der Waals surface area contributed by atoms with E-state index in [9.17, 15) is 0 Å². The molecule has 0 radical (unpaired) electrons. The maximum atomic E-state index is 3.48. The highest BCUT2D eigenvalue weighted by Gasteiger charge is 2.11. The molecule has 0 saturated carbocycles. The highest BCUT2D eigenvalue weighted by atomic mass is 14.9. The van der Waals surface area contributed by atoms with Gasteiger partial charge in [-0.1, -0.05) is 161 Å². The lowest BCUT2D eigenvalue weighted by molar-refractivity contribution is 0.996. The van der Waals surface area contributed by atoms with E-state index in [0.717, 1.165) is 18.7 Å². The summed E-state index contributed by atoms with van der Waals surface area (Å²) in [7, 11) is 0. The standard InChI is InChI=1S/C39H29N.C5H10.C3H8/c1-2-11-28(12-3-1)34-25-35(27-36(26-34)38-20-10-14-29-13-4-5-19-37(29)38)32-17-8-15-30(23-32)31-16-9-18-33(24-31)39-21-6-7-22-40-39;1-3-5-4-2;1-3-2/h1-21,23-27,40H,22H2;3,5H,4H2,1-2H3;3H2,1-2H3. The number of dihydropyridines is 1. The van der Waals surface area contributed by atoms with Crippen molar-refractivity contribution in [3.05, 3.63) is 175 Å². The Labute approximate surface area is 288 Å². The van der Waals surface area contributed by atoms with Gasteiger partial charge in [-0.25, -0.2) is 0 Å². The molecule has 0 aromatic heterocycles. The summed E-state index contributed by atoms with van der Waals surface area (Å²) in [5, 5.41) is 6.01. The fourth-order valence-electron chi connectivity index (χ4n) is 5.86. The molecule has 1 aliphatic heterocycles. The molecule has 0 atom stereocenters. The van der Waals surface area contributed by atoms with Crippen LogP contribution in [-0.2, 0) is 0 Å². The quantitative estimate of drug-likeness (QED) is 0.182. The molecule has 0 unspecified atom stereocenters. The van der Waals surface area contributed by atoms with E-state index >= 15 is 0 Å². The van der Waals surface area contributed by atoms with Crippen molar-refractivity contribution in [2.45, 2.75) is 40.5 Å². The van der Waals surface area contributed by atoms with Crippen molar-refractivity contribution >= 4 is 16.5 Å². The van der Waals surface area contributed by atoms with E-state index in [0.29, 0.717) is 0 Å². The zero-order valence-electron chi connectivity index (χ0n) is 28.8. The molecule has 1 heterocycles. The van der Waals surface area contributed by atoms with Crippen LogP contribution in [0.1, 0.15) is 46.1 Å². The second kappa shape index (κ2) is 17.5. The Morgan fingerprint density at radius 3 is 1.71 bits per heavy atom. The molecule has 240 valence electrons. The third kappa shape index (κ3) is 8.69. The fourth-order valence-corrected chi connectivity index (χ4v) is 5.86. The number of rotatable bonds is 6. The molecule has 1 aliphatic rings. The Kier molecular flexibility index (Phi) is 12.4. The lowest BCUT2D eigenvalue weighted by Gasteiger charge is -2.15. The highest BCUT2D eigenvalue weighted by Crippen LogP contribution is 2.37. The average Bonchev–Trinajstić information content (AvgIpc) is 3.16. The van der Waals surface area contributed by atoms with E-state index in [-0.39, 0.29) is 0 Å². The van der Waals surface area contributed by atoms with Crippen LogP contribution in [0, 0.1) is 0 Å². The molecular weight excluding hydrogens is 579 g/mol. The molecule has 1 heteroatoms. The van der Waals surface area contributed by atoms with Crippen LogP contribution in [0.25, 0.3) is 61.0 Å². The van der Waals surface area contributed by atoms with Crippen LogP contribution in [0.5, 0.6) is 0 Å². The first-order valence-electron chi connectivity index (χ1n) is 17.3. The van der Waals surface area contributed by atoms with Gasteiger partial charge in [-0.3, -0.25) is 0 Å². The average molecular weight is 626 g/mol. The molecular formula is C47H47N. The summed E-state index contributed by atoms with van der Waals surface area (Å²) < 4.78 is 0. The van der Waals surface area contributed by atoms with Crippen molar-refractivity contribution < 1.29 is 0 Å². The van der Waals surface area contributed by atoms with Crippen molar-refractivity contribution in [3.8, 4) is 44.5 Å². The molecule has 7 rings (SSSR count). The number of fused-ring (bicyclic) bond motifs is 1. The largest absolute Gasteiger partial charge is 0.381 e. The molecule has 48 heavy (non-hydrogen) atoms. The normalized spacial score (nSPS) is 12.0. The first kappa shape index (κ1) is 33.9. The molecule has 6 aromatic rings. The predicted octanol–water partition coefficient (Wildman–Crippen LogP) is 13.4. The van der Waals surface area contributed by atoms with Crippen LogP contribution in [-0.4, -0.2) is 6.54 Å². The smallest absolute Gasteiger partial charge is 0.0416 e. The van der Waals surface area contributed by atoms with E-state index in [2.05, 4.69) is 196 Å². The van der Waals surface area contributed by atoms with Gasteiger partial charge in [-0.15, -0.1) is 0 Å². The van der Waals surface area contributed by atoms with Crippen LogP contribution in [0.15, 0.2) is 170 Å². The Balaban J connectivity index is 0.000000510. The minimum atomic E-state index is 0.863. The molecule has 0 bridgehead atoms. The van der Waals surface area contributed by atoms with E-state index in [1.54, 1.807) is 0 Å². The predicted molar refractivity (Wildman–Crippen MR) is 212 cm³/mol. The lowest BCUT2D eigenvalue weighted by Crippen LogP contribution is -2.14. The highest BCUT2D eigenvalue weighted by molar-refractivity contribution is 5.98. The van der Waals surface area contributed by atoms with Gasteiger partial charge in [0.05, 0.1) is 0 Å². The Morgan fingerprint density at radius 1 is 0.542 bits per heavy atom. The number of benzene rings is 6. The summed E-state index contributed by atoms with van der Waals surface area (Å²) in [5.74, 6) is 0. The van der Waals surface area contributed by atoms with Crippen LogP contribution in [0.2, 0.25) is 0 Å². The summed E-state index contributed by atoms with van der Waals surface area (Å²) in [4.78, 5) is 0. The summed E-state index contributed by atoms with van der Waals surface area (Å²) in [6.07, 6.45) is 13.0. The van der Waals surface area contributed by atoms with Crippen LogP contribution >= 0.6 is 0 Å². The first-order chi connectivity index (χ1) is 23.6. The van der Waals surface area contributed by atoms with E-state index in [1.165, 1.54) is 67.3 Å². The van der Waals surface area contributed by atoms with Gasteiger partial charge in [0.2, 0.25) is 0 Å².